The van der Waals surface area contributed by atoms with Crippen LogP contribution >= 0.6 is 11.3 Å². The van der Waals surface area contributed by atoms with Crippen molar-refractivity contribution >= 4 is 50.7 Å². The number of amides is 1. The van der Waals surface area contributed by atoms with E-state index in [4.69, 9.17) is 5.73 Å². The van der Waals surface area contributed by atoms with Crippen molar-refractivity contribution in [2.45, 2.75) is 13.8 Å². The highest BCUT2D eigenvalue weighted by molar-refractivity contribution is 7.21. The second-order valence-electron chi connectivity index (χ2n) is 7.20. The Morgan fingerprint density at radius 3 is 2.48 bits per heavy atom. The molecule has 1 amide bonds. The van der Waals surface area contributed by atoms with Crippen LogP contribution in [0, 0.1) is 13.8 Å². The van der Waals surface area contributed by atoms with Crippen LogP contribution in [0.1, 0.15) is 36.9 Å². The van der Waals surface area contributed by atoms with Crippen LogP contribution in [0.4, 0.5) is 11.4 Å². The highest BCUT2D eigenvalue weighted by Crippen LogP contribution is 2.34. The number of anilines is 2. The standard InChI is InChI=1S/C25H21N3O2S/c1-15-8-6-7-11-20(15)28-24(30)23-22(26)19-14-18(16(2)27-25(19)31-23)21(29)13-12-17-9-4-3-5-10-17/h3-14H,26H2,1-2H3,(H,28,30)/b13-12+. The highest BCUT2D eigenvalue weighted by Gasteiger charge is 2.20. The van der Waals surface area contributed by atoms with Crippen LogP contribution in [-0.4, -0.2) is 16.7 Å². The molecular formula is C25H21N3O2S. The summed E-state index contributed by atoms with van der Waals surface area (Å²) in [5.74, 6) is -0.448. The average Bonchev–Trinajstić information content (AvgIpc) is 3.09. The number of aryl methyl sites for hydroxylation is 2. The fourth-order valence-electron chi connectivity index (χ4n) is 3.26. The molecule has 31 heavy (non-hydrogen) atoms. The lowest BCUT2D eigenvalue weighted by atomic mass is 10.1. The van der Waals surface area contributed by atoms with Crippen molar-refractivity contribution in [1.29, 1.82) is 0 Å². The number of benzene rings is 2. The number of hydrogen-bond acceptors (Lipinski definition) is 5. The Kier molecular flexibility index (Phi) is 5.64. The van der Waals surface area contributed by atoms with Gasteiger partial charge in [-0.05, 0) is 43.2 Å². The van der Waals surface area contributed by atoms with Gasteiger partial charge in [0.05, 0.1) is 11.4 Å². The van der Waals surface area contributed by atoms with Crippen LogP contribution in [0.25, 0.3) is 16.3 Å². The molecule has 3 N–H and O–H groups in total. The van der Waals surface area contributed by atoms with E-state index in [1.54, 1.807) is 19.1 Å². The molecule has 0 saturated carbocycles. The van der Waals surface area contributed by atoms with Gasteiger partial charge < -0.3 is 11.1 Å². The fraction of sp³-hybridized carbons (Fsp3) is 0.0800. The van der Waals surface area contributed by atoms with Gasteiger partial charge in [-0.3, -0.25) is 9.59 Å². The van der Waals surface area contributed by atoms with Gasteiger partial charge in [0, 0.05) is 16.6 Å². The number of nitrogens with zero attached hydrogens (tertiary/aromatic N) is 1. The number of carbonyl (C=O) groups excluding carboxylic acids is 2. The van der Waals surface area contributed by atoms with E-state index in [1.165, 1.54) is 17.4 Å². The molecular weight excluding hydrogens is 406 g/mol. The fourth-order valence-corrected chi connectivity index (χ4v) is 4.28. The van der Waals surface area contributed by atoms with E-state index in [1.807, 2.05) is 61.5 Å². The molecule has 0 aliphatic carbocycles. The number of nitrogens with one attached hydrogen (secondary N) is 1. The summed E-state index contributed by atoms with van der Waals surface area (Å²) in [5, 5.41) is 3.52. The molecule has 0 atom stereocenters. The van der Waals surface area contributed by atoms with E-state index in [-0.39, 0.29) is 11.7 Å². The second kappa shape index (κ2) is 8.53. The summed E-state index contributed by atoms with van der Waals surface area (Å²) in [4.78, 5) is 31.2. The lowest BCUT2D eigenvalue weighted by Crippen LogP contribution is -2.12. The molecule has 0 aliphatic rings. The molecule has 0 bridgehead atoms. The van der Waals surface area contributed by atoms with Gasteiger partial charge in [-0.1, -0.05) is 54.6 Å². The number of ketones is 1. The van der Waals surface area contributed by atoms with Gasteiger partial charge in [0.15, 0.2) is 5.78 Å². The van der Waals surface area contributed by atoms with Gasteiger partial charge >= 0.3 is 0 Å². The molecule has 2 aromatic carbocycles. The maximum Gasteiger partial charge on any atom is 0.267 e. The lowest BCUT2D eigenvalue weighted by Gasteiger charge is -2.07. The monoisotopic (exact) mass is 427 g/mol. The summed E-state index contributed by atoms with van der Waals surface area (Å²) in [7, 11) is 0. The molecule has 0 unspecified atom stereocenters. The molecule has 0 saturated heterocycles. The molecule has 0 fully saturated rings. The molecule has 6 heteroatoms. The summed E-state index contributed by atoms with van der Waals surface area (Å²) in [6.45, 7) is 3.71. The van der Waals surface area contributed by atoms with E-state index in [2.05, 4.69) is 10.3 Å². The number of para-hydroxylation sites is 1. The van der Waals surface area contributed by atoms with Gasteiger partial charge in [-0.25, -0.2) is 4.98 Å². The summed E-state index contributed by atoms with van der Waals surface area (Å²) >= 11 is 1.22. The number of aromatic nitrogens is 1. The van der Waals surface area contributed by atoms with Crippen molar-refractivity contribution < 1.29 is 9.59 Å². The Hall–Kier alpha value is -3.77. The predicted octanol–water partition coefficient (Wildman–Crippen LogP) is 5.64. The van der Waals surface area contributed by atoms with Gasteiger partial charge in [-0.15, -0.1) is 11.3 Å². The maximum atomic E-state index is 12.8. The third-order valence-corrected chi connectivity index (χ3v) is 6.12. The molecule has 0 radical (unpaired) electrons. The second-order valence-corrected chi connectivity index (χ2v) is 8.20. The van der Waals surface area contributed by atoms with Crippen LogP contribution in [0.3, 0.4) is 0 Å². The van der Waals surface area contributed by atoms with Crippen molar-refractivity contribution in [3.05, 3.63) is 94.0 Å². The van der Waals surface area contributed by atoms with E-state index in [0.717, 1.165) is 16.8 Å². The van der Waals surface area contributed by atoms with Gasteiger partial charge in [0.1, 0.15) is 9.71 Å². The zero-order valence-corrected chi connectivity index (χ0v) is 18.0. The molecule has 0 spiro atoms. The first-order valence-corrected chi connectivity index (χ1v) is 10.6. The van der Waals surface area contributed by atoms with E-state index < -0.39 is 0 Å². The van der Waals surface area contributed by atoms with Gasteiger partial charge in [-0.2, -0.15) is 0 Å². The minimum Gasteiger partial charge on any atom is -0.397 e. The molecule has 154 valence electrons. The number of pyridine rings is 1. The van der Waals surface area contributed by atoms with Gasteiger partial charge in [0.2, 0.25) is 0 Å². The van der Waals surface area contributed by atoms with E-state index in [0.29, 0.717) is 32.0 Å². The number of nitrogen functional groups attached to an aromatic ring is 1. The van der Waals surface area contributed by atoms with Crippen LogP contribution in [0.5, 0.6) is 0 Å². The molecule has 2 aromatic heterocycles. The number of thiophene rings is 1. The Bertz CT molecular complexity index is 1320. The number of carbonyl (C=O) groups is 2. The Morgan fingerprint density at radius 2 is 1.74 bits per heavy atom. The normalized spacial score (nSPS) is 11.2. The molecule has 4 rings (SSSR count). The number of rotatable bonds is 5. The molecule has 5 nitrogen and oxygen atoms in total. The first-order chi connectivity index (χ1) is 14.9. The van der Waals surface area contributed by atoms with E-state index in [9.17, 15) is 9.59 Å². The third-order valence-electron chi connectivity index (χ3n) is 5.00. The van der Waals surface area contributed by atoms with E-state index >= 15 is 0 Å². The van der Waals surface area contributed by atoms with Crippen LogP contribution < -0.4 is 11.1 Å². The number of hydrogen-bond donors (Lipinski definition) is 2. The molecule has 0 aliphatic heterocycles. The van der Waals surface area contributed by atoms with Crippen molar-refractivity contribution in [1.82, 2.24) is 4.98 Å². The molecule has 4 aromatic rings. The lowest BCUT2D eigenvalue weighted by molar-refractivity contribution is 0.102. The number of allylic oxidation sites excluding steroid dienone is 1. The first kappa shape index (κ1) is 20.5. The van der Waals surface area contributed by atoms with Crippen LogP contribution in [0.15, 0.2) is 66.7 Å². The Labute approximate surface area is 184 Å². The topological polar surface area (TPSA) is 85.1 Å². The summed E-state index contributed by atoms with van der Waals surface area (Å²) in [5.41, 5.74) is 10.3. The number of nitrogens with two attached hydrogens (primary N) is 1. The van der Waals surface area contributed by atoms with Crippen LogP contribution in [0.2, 0.25) is 0 Å². The van der Waals surface area contributed by atoms with Gasteiger partial charge in [0.25, 0.3) is 5.91 Å². The minimum absolute atomic E-state index is 0.160. The van der Waals surface area contributed by atoms with Crippen molar-refractivity contribution in [3.8, 4) is 0 Å². The third kappa shape index (κ3) is 4.25. The zero-order chi connectivity index (χ0) is 22.0. The smallest absolute Gasteiger partial charge is 0.267 e. The van der Waals surface area contributed by atoms with Crippen molar-refractivity contribution in [2.75, 3.05) is 11.1 Å². The maximum absolute atomic E-state index is 12.8. The quantitative estimate of drug-likeness (QED) is 0.319. The Morgan fingerprint density at radius 1 is 1.03 bits per heavy atom. The summed E-state index contributed by atoms with van der Waals surface area (Å²) < 4.78 is 0. The molecule has 2 heterocycles. The average molecular weight is 428 g/mol. The number of fused-ring (bicyclic) bond motifs is 1. The van der Waals surface area contributed by atoms with Crippen LogP contribution in [-0.2, 0) is 0 Å². The van der Waals surface area contributed by atoms with Crippen molar-refractivity contribution in [3.63, 3.8) is 0 Å². The largest absolute Gasteiger partial charge is 0.397 e. The SMILES string of the molecule is Cc1ccccc1NC(=O)c1sc2nc(C)c(C(=O)/C=C/c3ccccc3)cc2c1N. The highest BCUT2D eigenvalue weighted by atomic mass is 32.1. The summed E-state index contributed by atoms with van der Waals surface area (Å²) in [6, 6.07) is 18.9. The zero-order valence-electron chi connectivity index (χ0n) is 17.2. The Balaban J connectivity index is 1.65. The predicted molar refractivity (Wildman–Crippen MR) is 128 cm³/mol. The first-order valence-electron chi connectivity index (χ1n) is 9.78. The minimum atomic E-state index is -0.288. The summed E-state index contributed by atoms with van der Waals surface area (Å²) in [6.07, 6.45) is 3.30. The van der Waals surface area contributed by atoms with Crippen molar-refractivity contribution in [2.24, 2.45) is 0 Å².